The predicted octanol–water partition coefficient (Wildman–Crippen LogP) is 4.30. The highest BCUT2D eigenvalue weighted by Crippen LogP contribution is 2.29. The van der Waals surface area contributed by atoms with Crippen molar-refractivity contribution in [1.29, 1.82) is 0 Å². The third-order valence-electron chi connectivity index (χ3n) is 3.11. The van der Waals surface area contributed by atoms with E-state index in [1.54, 1.807) is 0 Å². The lowest BCUT2D eigenvalue weighted by molar-refractivity contribution is 0.583. The first-order valence-electron chi connectivity index (χ1n) is 6.40. The molecule has 2 aromatic rings. The third kappa shape index (κ3) is 3.18. The van der Waals surface area contributed by atoms with Crippen molar-refractivity contribution in [2.75, 3.05) is 6.54 Å². The zero-order chi connectivity index (χ0) is 13.8. The van der Waals surface area contributed by atoms with Gasteiger partial charge >= 0.3 is 0 Å². The molecule has 0 saturated heterocycles. The van der Waals surface area contributed by atoms with Gasteiger partial charge in [0, 0.05) is 12.1 Å². The van der Waals surface area contributed by atoms with Gasteiger partial charge in [-0.25, -0.2) is 8.78 Å². The molecule has 2 rings (SSSR count). The Morgan fingerprint density at radius 1 is 1.05 bits per heavy atom. The zero-order valence-corrected chi connectivity index (χ0v) is 11.1. The van der Waals surface area contributed by atoms with Crippen LogP contribution >= 0.6 is 0 Å². The fraction of sp³-hybridized carbons (Fsp3) is 0.250. The SMILES string of the molecule is CCNC(C)c1ccccc1-c1cc(F)cc(F)c1. The molecule has 0 saturated carbocycles. The molecule has 0 aliphatic heterocycles. The van der Waals surface area contributed by atoms with Crippen LogP contribution in [-0.2, 0) is 0 Å². The molecule has 1 N–H and O–H groups in total. The summed E-state index contributed by atoms with van der Waals surface area (Å²) in [4.78, 5) is 0. The lowest BCUT2D eigenvalue weighted by Gasteiger charge is -2.17. The molecule has 0 bridgehead atoms. The molecule has 1 atom stereocenters. The summed E-state index contributed by atoms with van der Waals surface area (Å²) < 4.78 is 26.7. The number of hydrogen-bond acceptors (Lipinski definition) is 1. The van der Waals surface area contributed by atoms with Crippen molar-refractivity contribution in [3.63, 3.8) is 0 Å². The van der Waals surface area contributed by atoms with Gasteiger partial charge in [0.25, 0.3) is 0 Å². The van der Waals surface area contributed by atoms with E-state index < -0.39 is 11.6 Å². The van der Waals surface area contributed by atoms with E-state index in [9.17, 15) is 8.78 Å². The standard InChI is InChI=1S/C16H17F2N/c1-3-19-11(2)15-6-4-5-7-16(15)12-8-13(17)10-14(18)9-12/h4-11,19H,3H2,1-2H3. The van der Waals surface area contributed by atoms with Gasteiger partial charge in [-0.1, -0.05) is 31.2 Å². The van der Waals surface area contributed by atoms with Crippen molar-refractivity contribution in [3.05, 3.63) is 59.7 Å². The minimum atomic E-state index is -0.555. The third-order valence-corrected chi connectivity index (χ3v) is 3.11. The number of nitrogens with one attached hydrogen (secondary N) is 1. The first-order chi connectivity index (χ1) is 9.11. The van der Waals surface area contributed by atoms with Gasteiger partial charge in [0.15, 0.2) is 0 Å². The lowest BCUT2D eigenvalue weighted by atomic mass is 9.95. The quantitative estimate of drug-likeness (QED) is 0.865. The minimum Gasteiger partial charge on any atom is -0.310 e. The highest BCUT2D eigenvalue weighted by molar-refractivity contribution is 5.68. The van der Waals surface area contributed by atoms with Gasteiger partial charge in [-0.15, -0.1) is 0 Å². The van der Waals surface area contributed by atoms with Gasteiger partial charge in [-0.3, -0.25) is 0 Å². The Balaban J connectivity index is 2.49. The smallest absolute Gasteiger partial charge is 0.126 e. The van der Waals surface area contributed by atoms with Crippen molar-refractivity contribution in [2.24, 2.45) is 0 Å². The van der Waals surface area contributed by atoms with Crippen LogP contribution in [0.3, 0.4) is 0 Å². The second kappa shape index (κ2) is 5.93. The van der Waals surface area contributed by atoms with Crippen LogP contribution in [0.4, 0.5) is 8.78 Å². The summed E-state index contributed by atoms with van der Waals surface area (Å²) in [6.07, 6.45) is 0. The van der Waals surface area contributed by atoms with Crippen molar-refractivity contribution >= 4 is 0 Å². The van der Waals surface area contributed by atoms with Crippen molar-refractivity contribution in [3.8, 4) is 11.1 Å². The van der Waals surface area contributed by atoms with Crippen molar-refractivity contribution in [1.82, 2.24) is 5.32 Å². The monoisotopic (exact) mass is 261 g/mol. The average molecular weight is 261 g/mol. The Hall–Kier alpha value is -1.74. The molecular formula is C16H17F2N. The summed E-state index contributed by atoms with van der Waals surface area (Å²) in [6.45, 7) is 4.91. The van der Waals surface area contributed by atoms with E-state index in [2.05, 4.69) is 5.32 Å². The maximum absolute atomic E-state index is 13.3. The molecule has 2 aromatic carbocycles. The Morgan fingerprint density at radius 2 is 1.68 bits per heavy atom. The molecule has 3 heteroatoms. The topological polar surface area (TPSA) is 12.0 Å². The first kappa shape index (κ1) is 13.7. The number of hydrogen-bond donors (Lipinski definition) is 1. The number of benzene rings is 2. The number of halogens is 2. The van der Waals surface area contributed by atoms with Gasteiger partial charge in [0.2, 0.25) is 0 Å². The van der Waals surface area contributed by atoms with Crippen molar-refractivity contribution < 1.29 is 8.78 Å². The molecule has 0 radical (unpaired) electrons. The maximum atomic E-state index is 13.3. The van der Waals surface area contributed by atoms with Gasteiger partial charge in [-0.05, 0) is 42.3 Å². The normalized spacial score (nSPS) is 12.4. The summed E-state index contributed by atoms with van der Waals surface area (Å²) in [7, 11) is 0. The number of rotatable bonds is 4. The van der Waals surface area contributed by atoms with E-state index in [4.69, 9.17) is 0 Å². The summed E-state index contributed by atoms with van der Waals surface area (Å²) in [5.74, 6) is -1.11. The molecule has 0 heterocycles. The lowest BCUT2D eigenvalue weighted by Crippen LogP contribution is -2.18. The maximum Gasteiger partial charge on any atom is 0.126 e. The van der Waals surface area contributed by atoms with Gasteiger partial charge in [-0.2, -0.15) is 0 Å². The Bertz CT molecular complexity index is 546. The first-order valence-corrected chi connectivity index (χ1v) is 6.40. The molecule has 19 heavy (non-hydrogen) atoms. The average Bonchev–Trinajstić information content (AvgIpc) is 2.38. The summed E-state index contributed by atoms with van der Waals surface area (Å²) in [5, 5.41) is 3.31. The van der Waals surface area contributed by atoms with E-state index in [0.29, 0.717) is 5.56 Å². The van der Waals surface area contributed by atoms with E-state index >= 15 is 0 Å². The molecule has 0 spiro atoms. The van der Waals surface area contributed by atoms with E-state index in [0.717, 1.165) is 23.7 Å². The van der Waals surface area contributed by atoms with Gasteiger partial charge < -0.3 is 5.32 Å². The molecule has 1 unspecified atom stereocenters. The molecular weight excluding hydrogens is 244 g/mol. The molecule has 0 fully saturated rings. The van der Waals surface area contributed by atoms with E-state index in [1.165, 1.54) is 12.1 Å². The molecule has 1 nitrogen and oxygen atoms in total. The predicted molar refractivity (Wildman–Crippen MR) is 73.9 cm³/mol. The Labute approximate surface area is 112 Å². The highest BCUT2D eigenvalue weighted by Gasteiger charge is 2.12. The minimum absolute atomic E-state index is 0.132. The largest absolute Gasteiger partial charge is 0.310 e. The van der Waals surface area contributed by atoms with Crippen LogP contribution in [0, 0.1) is 11.6 Å². The van der Waals surface area contributed by atoms with Crippen LogP contribution in [0.15, 0.2) is 42.5 Å². The molecule has 0 aliphatic carbocycles. The van der Waals surface area contributed by atoms with Crippen LogP contribution < -0.4 is 5.32 Å². The van der Waals surface area contributed by atoms with Crippen LogP contribution in [0.25, 0.3) is 11.1 Å². The summed E-state index contributed by atoms with van der Waals surface area (Å²) in [6, 6.07) is 11.4. The van der Waals surface area contributed by atoms with Gasteiger partial charge in [0.05, 0.1) is 0 Å². The van der Waals surface area contributed by atoms with Crippen LogP contribution in [0.2, 0.25) is 0 Å². The molecule has 100 valence electrons. The van der Waals surface area contributed by atoms with Crippen LogP contribution in [0.5, 0.6) is 0 Å². The molecule has 0 aliphatic rings. The Morgan fingerprint density at radius 3 is 2.32 bits per heavy atom. The van der Waals surface area contributed by atoms with E-state index in [-0.39, 0.29) is 6.04 Å². The zero-order valence-electron chi connectivity index (χ0n) is 11.1. The van der Waals surface area contributed by atoms with Gasteiger partial charge in [0.1, 0.15) is 11.6 Å². The second-order valence-electron chi connectivity index (χ2n) is 4.52. The van der Waals surface area contributed by atoms with E-state index in [1.807, 2.05) is 38.1 Å². The molecule has 0 aromatic heterocycles. The van der Waals surface area contributed by atoms with Crippen molar-refractivity contribution in [2.45, 2.75) is 19.9 Å². The second-order valence-corrected chi connectivity index (χ2v) is 4.52. The molecule has 0 amide bonds. The fourth-order valence-corrected chi connectivity index (χ4v) is 2.26. The van der Waals surface area contributed by atoms with Crippen LogP contribution in [-0.4, -0.2) is 6.54 Å². The fourth-order valence-electron chi connectivity index (χ4n) is 2.26. The highest BCUT2D eigenvalue weighted by atomic mass is 19.1. The Kier molecular flexibility index (Phi) is 4.27. The summed E-state index contributed by atoms with van der Waals surface area (Å²) in [5.41, 5.74) is 2.46. The van der Waals surface area contributed by atoms with Crippen LogP contribution in [0.1, 0.15) is 25.5 Å². The summed E-state index contributed by atoms with van der Waals surface area (Å²) >= 11 is 0.